The Labute approximate surface area is 80.7 Å². The summed E-state index contributed by atoms with van der Waals surface area (Å²) >= 11 is -9.28. The van der Waals surface area contributed by atoms with E-state index in [1.54, 1.807) is 0 Å². The molecule has 0 fully saturated rings. The summed E-state index contributed by atoms with van der Waals surface area (Å²) < 4.78 is 104. The van der Waals surface area contributed by atoms with Gasteiger partial charge in [0.15, 0.2) is 0 Å². The van der Waals surface area contributed by atoms with Crippen LogP contribution in [0, 0.1) is 0 Å². The average molecular weight is 361 g/mol. The van der Waals surface area contributed by atoms with Crippen LogP contribution in [0.2, 0.25) is 0 Å². The van der Waals surface area contributed by atoms with Crippen LogP contribution >= 0.6 is 0 Å². The molecule has 0 atom stereocenters. The third kappa shape index (κ3) is 5.36. The number of rotatable bonds is 1. The Morgan fingerprint density at radius 2 is 0.929 bits per heavy atom. The average Bonchev–Trinajstić information content (AvgIpc) is 1.75. The molecular formula is C3AsF9Se. The maximum absolute atomic E-state index is 11.6. The zero-order valence-electron chi connectivity index (χ0n) is 5.76. The van der Waals surface area contributed by atoms with Crippen LogP contribution in [-0.2, 0) is 0 Å². The molecule has 0 amide bonds. The first-order chi connectivity index (χ1) is 5.84. The Hall–Kier alpha value is 0.448. The van der Waals surface area contributed by atoms with E-state index in [2.05, 4.69) is 0 Å². The molecule has 0 aliphatic heterocycles. The van der Waals surface area contributed by atoms with Crippen LogP contribution in [0.25, 0.3) is 0 Å². The predicted molar refractivity (Wildman–Crippen MR) is 29.7 cm³/mol. The SMILES string of the molecule is FC(F)(F)[Se][As](C(F)(F)F)C(F)(F)F. The van der Waals surface area contributed by atoms with E-state index >= 15 is 0 Å². The molecule has 0 aromatic carbocycles. The Bertz CT molecular complexity index is 174. The van der Waals surface area contributed by atoms with Gasteiger partial charge in [0, 0.05) is 0 Å². The van der Waals surface area contributed by atoms with Crippen molar-refractivity contribution in [3.05, 3.63) is 0 Å². The quantitative estimate of drug-likeness (QED) is 0.497. The van der Waals surface area contributed by atoms with Gasteiger partial charge in [-0.05, 0) is 0 Å². The molecule has 0 N–H and O–H groups in total. The van der Waals surface area contributed by atoms with Gasteiger partial charge in [0.25, 0.3) is 0 Å². The molecule has 0 aliphatic carbocycles. The minimum atomic E-state index is -5.87. The zero-order valence-corrected chi connectivity index (χ0v) is 9.35. The van der Waals surface area contributed by atoms with Gasteiger partial charge in [-0.25, -0.2) is 0 Å². The summed E-state index contributed by atoms with van der Waals surface area (Å²) in [5.41, 5.74) is 0. The van der Waals surface area contributed by atoms with Gasteiger partial charge < -0.3 is 0 Å². The molecule has 0 heterocycles. The molecule has 0 saturated heterocycles. The minimum absolute atomic E-state index is 3.41. The first kappa shape index (κ1) is 14.4. The molecule has 0 saturated carbocycles. The molecule has 14 heavy (non-hydrogen) atoms. The molecule has 0 nitrogen and oxygen atoms in total. The summed E-state index contributed by atoms with van der Waals surface area (Å²) in [6, 6.07) is 0. The third-order valence-corrected chi connectivity index (χ3v) is 12.2. The maximum atomic E-state index is 11.6. The summed E-state index contributed by atoms with van der Waals surface area (Å²) in [6.07, 6.45) is 0. The van der Waals surface area contributed by atoms with Gasteiger partial charge in [-0.3, -0.25) is 0 Å². The second kappa shape index (κ2) is 4.14. The van der Waals surface area contributed by atoms with E-state index in [1.807, 2.05) is 0 Å². The van der Waals surface area contributed by atoms with Crippen molar-refractivity contribution >= 4 is 25.7 Å². The fourth-order valence-electron chi connectivity index (χ4n) is 0.351. The molecule has 11 heteroatoms. The van der Waals surface area contributed by atoms with Gasteiger partial charge in [0.2, 0.25) is 0 Å². The standard InChI is InChI=1S/C3AsF9Se/c5-1(6,7)4(2(8,9)10)14-3(11,12)13. The van der Waals surface area contributed by atoms with E-state index < -0.39 is 40.7 Å². The first-order valence-electron chi connectivity index (χ1n) is 2.53. The Balaban J connectivity index is 4.78. The van der Waals surface area contributed by atoms with E-state index in [0.717, 1.165) is 0 Å². The summed E-state index contributed by atoms with van der Waals surface area (Å²) in [5.74, 6) is 0. The van der Waals surface area contributed by atoms with Gasteiger partial charge in [-0.2, -0.15) is 0 Å². The topological polar surface area (TPSA) is 0 Å². The van der Waals surface area contributed by atoms with Crippen LogP contribution in [0.4, 0.5) is 39.5 Å². The van der Waals surface area contributed by atoms with Gasteiger partial charge in [0.1, 0.15) is 0 Å². The molecule has 0 aliphatic rings. The van der Waals surface area contributed by atoms with Crippen LogP contribution in [0.1, 0.15) is 0 Å². The number of alkyl halides is 9. The van der Waals surface area contributed by atoms with E-state index in [9.17, 15) is 39.5 Å². The molecule has 0 spiro atoms. The van der Waals surface area contributed by atoms with Crippen molar-refractivity contribution in [1.29, 1.82) is 0 Å². The van der Waals surface area contributed by atoms with Crippen LogP contribution in [0.5, 0.6) is 0 Å². The summed E-state index contributed by atoms with van der Waals surface area (Å²) in [5, 5.41) is -5.38. The number of hydrogen-bond donors (Lipinski definition) is 0. The first-order valence-corrected chi connectivity index (χ1v) is 10.0. The second-order valence-electron chi connectivity index (χ2n) is 1.77. The Morgan fingerprint density at radius 3 is 1.00 bits per heavy atom. The van der Waals surface area contributed by atoms with Crippen molar-refractivity contribution in [2.45, 2.75) is 15.0 Å². The fourth-order valence-corrected chi connectivity index (χ4v) is 6.34. The molecule has 0 unspecified atom stereocenters. The van der Waals surface area contributed by atoms with Crippen LogP contribution < -0.4 is 0 Å². The van der Waals surface area contributed by atoms with Crippen molar-refractivity contribution in [3.63, 3.8) is 0 Å². The third-order valence-electron chi connectivity index (χ3n) is 0.655. The molecule has 0 bridgehead atoms. The molecule has 0 rings (SSSR count). The van der Waals surface area contributed by atoms with E-state index in [1.165, 1.54) is 0 Å². The van der Waals surface area contributed by atoms with E-state index in [-0.39, 0.29) is 0 Å². The Morgan fingerprint density at radius 1 is 0.643 bits per heavy atom. The molecule has 86 valence electrons. The Kier molecular flexibility index (Phi) is 4.27. The van der Waals surface area contributed by atoms with Gasteiger partial charge in [0.05, 0.1) is 0 Å². The number of hydrogen-bond acceptors (Lipinski definition) is 0. The monoisotopic (exact) mass is 362 g/mol. The molecule has 0 aromatic heterocycles. The summed E-state index contributed by atoms with van der Waals surface area (Å²) in [6.45, 7) is 0. The molecule has 0 radical (unpaired) electrons. The van der Waals surface area contributed by atoms with Crippen molar-refractivity contribution in [2.24, 2.45) is 0 Å². The summed E-state index contributed by atoms with van der Waals surface area (Å²) in [7, 11) is 0. The van der Waals surface area contributed by atoms with Crippen molar-refractivity contribution in [2.75, 3.05) is 0 Å². The summed E-state index contributed by atoms with van der Waals surface area (Å²) in [4.78, 5) is -11.5. The van der Waals surface area contributed by atoms with Gasteiger partial charge in [-0.15, -0.1) is 0 Å². The number of halogens is 9. The van der Waals surface area contributed by atoms with Crippen LogP contribution in [-0.4, -0.2) is 40.7 Å². The van der Waals surface area contributed by atoms with Gasteiger partial charge in [-0.1, -0.05) is 0 Å². The normalized spacial score (nSPS) is 15.0. The zero-order chi connectivity index (χ0) is 11.8. The van der Waals surface area contributed by atoms with Crippen molar-refractivity contribution in [1.82, 2.24) is 0 Å². The fraction of sp³-hybridized carbons (Fsp3) is 1.00. The van der Waals surface area contributed by atoms with Crippen molar-refractivity contribution < 1.29 is 39.5 Å². The predicted octanol–water partition coefficient (Wildman–Crippen LogP) is 2.40. The van der Waals surface area contributed by atoms with E-state index in [4.69, 9.17) is 0 Å². The van der Waals surface area contributed by atoms with Crippen LogP contribution in [0.3, 0.4) is 0 Å². The molecule has 0 aromatic rings. The van der Waals surface area contributed by atoms with E-state index in [0.29, 0.717) is 0 Å². The van der Waals surface area contributed by atoms with Crippen molar-refractivity contribution in [3.8, 4) is 0 Å². The second-order valence-corrected chi connectivity index (χ2v) is 12.5. The molecular weight excluding hydrogens is 361 g/mol. The van der Waals surface area contributed by atoms with Crippen LogP contribution in [0.15, 0.2) is 0 Å². The van der Waals surface area contributed by atoms with Gasteiger partial charge >= 0.3 is 80.2 Å².